The summed E-state index contributed by atoms with van der Waals surface area (Å²) in [5, 5.41) is 6.20. The van der Waals surface area contributed by atoms with Gasteiger partial charge in [0.05, 0.1) is 17.4 Å². The number of nitrogens with zero attached hydrogens (tertiary/aromatic N) is 3. The molecule has 0 saturated carbocycles. The summed E-state index contributed by atoms with van der Waals surface area (Å²) >= 11 is 0. The standard InChI is InChI=1S/C23H32FN5O3/c1-5-10-25-17-6-7-20(19(24)13-17)28-21-16(4)22(27-14-26-21)32-18-8-11-29(12-9-18)23(30)31-15(2)3/h6-7,13-15,18,25H,5,8-12H2,1-4H3,(H,26,27,28). The van der Waals surface area contributed by atoms with E-state index >= 15 is 0 Å². The van der Waals surface area contributed by atoms with Crippen LogP contribution in [0.25, 0.3) is 0 Å². The van der Waals surface area contributed by atoms with Gasteiger partial charge in [-0.3, -0.25) is 0 Å². The van der Waals surface area contributed by atoms with E-state index in [0.29, 0.717) is 48.9 Å². The fourth-order valence-electron chi connectivity index (χ4n) is 3.39. The zero-order chi connectivity index (χ0) is 23.1. The summed E-state index contributed by atoms with van der Waals surface area (Å²) in [4.78, 5) is 22.2. The minimum absolute atomic E-state index is 0.0693. The van der Waals surface area contributed by atoms with Crippen LogP contribution in [-0.4, -0.2) is 52.8 Å². The van der Waals surface area contributed by atoms with Gasteiger partial charge in [-0.1, -0.05) is 6.92 Å². The maximum atomic E-state index is 14.5. The van der Waals surface area contributed by atoms with Crippen LogP contribution in [0.15, 0.2) is 24.5 Å². The lowest BCUT2D eigenvalue weighted by atomic mass is 10.1. The number of nitrogens with one attached hydrogen (secondary N) is 2. The maximum absolute atomic E-state index is 14.5. The summed E-state index contributed by atoms with van der Waals surface area (Å²) in [6, 6.07) is 4.97. The van der Waals surface area contributed by atoms with E-state index in [4.69, 9.17) is 9.47 Å². The second kappa shape index (κ2) is 11.0. The lowest BCUT2D eigenvalue weighted by molar-refractivity contribution is 0.0505. The Morgan fingerprint density at radius 3 is 2.69 bits per heavy atom. The first-order valence-corrected chi connectivity index (χ1v) is 11.1. The number of aromatic nitrogens is 2. The summed E-state index contributed by atoms with van der Waals surface area (Å²) in [6.45, 7) is 9.48. The van der Waals surface area contributed by atoms with Crippen LogP contribution in [0, 0.1) is 12.7 Å². The molecule has 3 rings (SSSR count). The van der Waals surface area contributed by atoms with Gasteiger partial charge in [-0.2, -0.15) is 0 Å². The van der Waals surface area contributed by atoms with E-state index < -0.39 is 0 Å². The lowest BCUT2D eigenvalue weighted by Gasteiger charge is -2.32. The number of ether oxygens (including phenoxy) is 2. The number of amides is 1. The topological polar surface area (TPSA) is 88.6 Å². The molecule has 1 aliphatic rings. The fourth-order valence-corrected chi connectivity index (χ4v) is 3.39. The predicted octanol–water partition coefficient (Wildman–Crippen LogP) is 4.88. The molecule has 2 heterocycles. The third-order valence-electron chi connectivity index (χ3n) is 5.15. The van der Waals surface area contributed by atoms with E-state index in [2.05, 4.69) is 27.5 Å². The highest BCUT2D eigenvalue weighted by atomic mass is 19.1. The van der Waals surface area contributed by atoms with Crippen LogP contribution in [-0.2, 0) is 4.74 Å². The van der Waals surface area contributed by atoms with E-state index in [1.165, 1.54) is 12.4 Å². The molecular weight excluding hydrogens is 413 g/mol. The van der Waals surface area contributed by atoms with Crippen LogP contribution < -0.4 is 15.4 Å². The lowest BCUT2D eigenvalue weighted by Crippen LogP contribution is -2.42. The molecule has 1 aliphatic heterocycles. The summed E-state index contributed by atoms with van der Waals surface area (Å²) in [6.07, 6.45) is 3.22. The Labute approximate surface area is 188 Å². The van der Waals surface area contributed by atoms with Crippen molar-refractivity contribution in [3.8, 4) is 5.88 Å². The Balaban J connectivity index is 1.61. The maximum Gasteiger partial charge on any atom is 0.410 e. The number of carbonyl (C=O) groups excluding carboxylic acids is 1. The number of piperidine rings is 1. The summed E-state index contributed by atoms with van der Waals surface area (Å²) < 4.78 is 25.9. The monoisotopic (exact) mass is 445 g/mol. The molecule has 1 amide bonds. The van der Waals surface area contributed by atoms with Crippen LogP contribution in [0.1, 0.15) is 45.6 Å². The van der Waals surface area contributed by atoms with E-state index in [0.717, 1.165) is 18.7 Å². The summed E-state index contributed by atoms with van der Waals surface area (Å²) in [5.74, 6) is 0.570. The van der Waals surface area contributed by atoms with E-state index in [1.807, 2.05) is 26.8 Å². The fraction of sp³-hybridized carbons (Fsp3) is 0.522. The zero-order valence-electron chi connectivity index (χ0n) is 19.2. The van der Waals surface area contributed by atoms with Crippen LogP contribution in [0.4, 0.5) is 26.4 Å². The Bertz CT molecular complexity index is 917. The van der Waals surface area contributed by atoms with Gasteiger partial charge in [0.25, 0.3) is 0 Å². The molecular formula is C23H32FN5O3. The molecule has 1 fully saturated rings. The number of hydrogen-bond donors (Lipinski definition) is 2. The molecule has 0 aliphatic carbocycles. The van der Waals surface area contributed by atoms with Crippen molar-refractivity contribution < 1.29 is 18.7 Å². The average Bonchev–Trinajstić information content (AvgIpc) is 2.76. The summed E-state index contributed by atoms with van der Waals surface area (Å²) in [5.41, 5.74) is 1.76. The Kier molecular flexibility index (Phi) is 8.08. The normalized spacial score (nSPS) is 14.4. The Morgan fingerprint density at radius 1 is 1.28 bits per heavy atom. The molecule has 0 unspecified atom stereocenters. The minimum Gasteiger partial charge on any atom is -0.474 e. The summed E-state index contributed by atoms with van der Waals surface area (Å²) in [7, 11) is 0. The van der Waals surface area contributed by atoms with Gasteiger partial charge in [0.1, 0.15) is 24.1 Å². The van der Waals surface area contributed by atoms with Gasteiger partial charge >= 0.3 is 6.09 Å². The smallest absolute Gasteiger partial charge is 0.410 e. The second-order valence-electron chi connectivity index (χ2n) is 8.14. The highest BCUT2D eigenvalue weighted by Crippen LogP contribution is 2.28. The number of halogens is 1. The van der Waals surface area contributed by atoms with Crippen molar-refractivity contribution in [1.82, 2.24) is 14.9 Å². The van der Waals surface area contributed by atoms with Crippen LogP contribution in [0.3, 0.4) is 0 Å². The van der Waals surface area contributed by atoms with Crippen molar-refractivity contribution >= 4 is 23.3 Å². The van der Waals surface area contributed by atoms with Crippen LogP contribution in [0.2, 0.25) is 0 Å². The first-order chi connectivity index (χ1) is 15.4. The number of anilines is 3. The van der Waals surface area contributed by atoms with Crippen molar-refractivity contribution in [3.05, 3.63) is 35.9 Å². The van der Waals surface area contributed by atoms with Gasteiger partial charge in [-0.25, -0.2) is 19.2 Å². The molecule has 9 heteroatoms. The molecule has 174 valence electrons. The first kappa shape index (κ1) is 23.6. The average molecular weight is 446 g/mol. The van der Waals surface area contributed by atoms with Crippen molar-refractivity contribution in [3.63, 3.8) is 0 Å². The number of rotatable bonds is 8. The van der Waals surface area contributed by atoms with Crippen molar-refractivity contribution in [2.24, 2.45) is 0 Å². The zero-order valence-corrected chi connectivity index (χ0v) is 19.2. The van der Waals surface area contributed by atoms with E-state index in [9.17, 15) is 9.18 Å². The minimum atomic E-state index is -0.368. The predicted molar refractivity (Wildman–Crippen MR) is 122 cm³/mol. The Hall–Kier alpha value is -3.10. The molecule has 8 nitrogen and oxygen atoms in total. The molecule has 2 aromatic rings. The number of hydrogen-bond acceptors (Lipinski definition) is 7. The van der Waals surface area contributed by atoms with Crippen LogP contribution in [0.5, 0.6) is 5.88 Å². The molecule has 1 aromatic heterocycles. The van der Waals surface area contributed by atoms with Gasteiger partial charge in [0.2, 0.25) is 5.88 Å². The Morgan fingerprint density at radius 2 is 2.03 bits per heavy atom. The molecule has 0 spiro atoms. The SMILES string of the molecule is CCCNc1ccc(Nc2ncnc(OC3CCN(C(=O)OC(C)C)CC3)c2C)c(F)c1. The van der Waals surface area contributed by atoms with Crippen molar-refractivity contribution in [2.75, 3.05) is 30.3 Å². The van der Waals surface area contributed by atoms with Gasteiger partial charge in [-0.15, -0.1) is 0 Å². The van der Waals surface area contributed by atoms with E-state index in [-0.39, 0.29) is 24.1 Å². The number of benzene rings is 1. The number of likely N-dealkylation sites (tertiary alicyclic amines) is 1. The van der Waals surface area contributed by atoms with Gasteiger partial charge < -0.3 is 25.0 Å². The molecule has 0 atom stereocenters. The largest absolute Gasteiger partial charge is 0.474 e. The van der Waals surface area contributed by atoms with Crippen LogP contribution >= 0.6 is 0 Å². The molecule has 32 heavy (non-hydrogen) atoms. The molecule has 0 radical (unpaired) electrons. The van der Waals surface area contributed by atoms with Gasteiger partial charge in [0.15, 0.2) is 0 Å². The quantitative estimate of drug-likeness (QED) is 0.599. The second-order valence-corrected chi connectivity index (χ2v) is 8.14. The van der Waals surface area contributed by atoms with Gasteiger partial charge in [-0.05, 0) is 45.4 Å². The number of carbonyl (C=O) groups is 1. The highest BCUT2D eigenvalue weighted by molar-refractivity contribution is 5.68. The van der Waals surface area contributed by atoms with Gasteiger partial charge in [0, 0.05) is 38.2 Å². The molecule has 1 aromatic carbocycles. The molecule has 0 bridgehead atoms. The van der Waals surface area contributed by atoms with E-state index in [1.54, 1.807) is 11.0 Å². The first-order valence-electron chi connectivity index (χ1n) is 11.1. The third-order valence-corrected chi connectivity index (χ3v) is 5.15. The highest BCUT2D eigenvalue weighted by Gasteiger charge is 2.26. The molecule has 1 saturated heterocycles. The molecule has 2 N–H and O–H groups in total. The van der Waals surface area contributed by atoms with Crippen molar-refractivity contribution in [2.45, 2.75) is 59.2 Å². The third kappa shape index (κ3) is 6.21. The van der Waals surface area contributed by atoms with Crippen molar-refractivity contribution in [1.29, 1.82) is 0 Å².